The van der Waals surface area contributed by atoms with Crippen molar-refractivity contribution in [3.8, 4) is 0 Å². The summed E-state index contributed by atoms with van der Waals surface area (Å²) in [6.07, 6.45) is 1.88. The highest BCUT2D eigenvalue weighted by Gasteiger charge is 2.36. The van der Waals surface area contributed by atoms with Crippen LogP contribution in [0.5, 0.6) is 0 Å². The first kappa shape index (κ1) is 14.7. The van der Waals surface area contributed by atoms with Gasteiger partial charge in [0, 0.05) is 12.0 Å². The maximum Gasteiger partial charge on any atom is 0.265 e. The van der Waals surface area contributed by atoms with Gasteiger partial charge in [-0.3, -0.25) is 9.98 Å². The van der Waals surface area contributed by atoms with Crippen LogP contribution in [0.2, 0.25) is 0 Å². The van der Waals surface area contributed by atoms with Crippen molar-refractivity contribution >= 4 is 27.7 Å². The summed E-state index contributed by atoms with van der Waals surface area (Å²) in [5.74, 6) is 0.361. The van der Waals surface area contributed by atoms with Crippen molar-refractivity contribution in [1.82, 2.24) is 10.4 Å². The van der Waals surface area contributed by atoms with Gasteiger partial charge in [-0.25, -0.2) is 5.01 Å². The maximum atomic E-state index is 11.0. The Morgan fingerprint density at radius 2 is 2.09 bits per heavy atom. The van der Waals surface area contributed by atoms with Gasteiger partial charge < -0.3 is 0 Å². The van der Waals surface area contributed by atoms with E-state index < -0.39 is 10.1 Å². The maximum absolute atomic E-state index is 11.0. The Kier molecular flexibility index (Phi) is 3.71. The van der Waals surface area contributed by atoms with E-state index in [9.17, 15) is 8.42 Å². The van der Waals surface area contributed by atoms with Crippen LogP contribution in [0.4, 0.5) is 0 Å². The molecule has 22 heavy (non-hydrogen) atoms. The molecular weight excluding hydrogens is 304 g/mol. The van der Waals surface area contributed by atoms with Crippen LogP contribution in [0.15, 0.2) is 46.1 Å². The predicted octanol–water partition coefficient (Wildman–Crippen LogP) is 1.28. The third-order valence-electron chi connectivity index (χ3n) is 3.50. The van der Waals surface area contributed by atoms with E-state index in [1.165, 1.54) is 0 Å². The summed E-state index contributed by atoms with van der Waals surface area (Å²) in [7, 11) is -4.02. The lowest BCUT2D eigenvalue weighted by Crippen LogP contribution is -2.33. The smallest absolute Gasteiger partial charge is 0.265 e. The van der Waals surface area contributed by atoms with E-state index in [1.54, 1.807) is 5.01 Å². The second-order valence-corrected chi connectivity index (χ2v) is 6.70. The lowest BCUT2D eigenvalue weighted by molar-refractivity contribution is 0.382. The molecule has 1 aromatic rings. The van der Waals surface area contributed by atoms with Crippen LogP contribution in [0.25, 0.3) is 6.08 Å². The van der Waals surface area contributed by atoms with E-state index in [0.29, 0.717) is 11.5 Å². The highest BCUT2D eigenvalue weighted by atomic mass is 32.2. The molecule has 0 aliphatic carbocycles. The van der Waals surface area contributed by atoms with Crippen molar-refractivity contribution in [2.45, 2.75) is 19.5 Å². The summed E-state index contributed by atoms with van der Waals surface area (Å²) >= 11 is 0. The molecule has 2 aliphatic heterocycles. The largest absolute Gasteiger partial charge is 0.286 e. The van der Waals surface area contributed by atoms with Crippen LogP contribution < -0.4 is 5.43 Å². The molecule has 0 aromatic heterocycles. The number of fused-ring (bicyclic) bond motifs is 1. The Balaban J connectivity index is 1.92. The summed E-state index contributed by atoms with van der Waals surface area (Å²) in [6, 6.07) is 9.70. The molecule has 0 amide bonds. The fourth-order valence-corrected chi connectivity index (χ4v) is 2.89. The van der Waals surface area contributed by atoms with E-state index >= 15 is 0 Å². The monoisotopic (exact) mass is 320 g/mol. The van der Waals surface area contributed by atoms with Gasteiger partial charge >= 0.3 is 0 Å². The lowest BCUT2D eigenvalue weighted by Gasteiger charge is -2.14. The number of hydrogen-bond donors (Lipinski definition) is 2. The van der Waals surface area contributed by atoms with Gasteiger partial charge in [-0.05, 0) is 18.6 Å². The molecule has 1 atom stereocenters. The number of hydrogen-bond acceptors (Lipinski definition) is 6. The highest BCUT2D eigenvalue weighted by Crippen LogP contribution is 2.27. The van der Waals surface area contributed by atoms with Gasteiger partial charge in [0.25, 0.3) is 10.1 Å². The molecule has 2 aliphatic rings. The average molecular weight is 320 g/mol. The van der Waals surface area contributed by atoms with Crippen LogP contribution in [0.3, 0.4) is 0 Å². The van der Waals surface area contributed by atoms with E-state index in [4.69, 9.17) is 4.55 Å². The molecule has 116 valence electrons. The molecule has 2 N–H and O–H groups in total. The van der Waals surface area contributed by atoms with Crippen molar-refractivity contribution in [2.75, 3.05) is 5.75 Å². The van der Waals surface area contributed by atoms with Gasteiger partial charge in [-0.2, -0.15) is 18.6 Å². The van der Waals surface area contributed by atoms with Gasteiger partial charge in [-0.15, -0.1) is 0 Å². The molecule has 1 aromatic carbocycles. The fourth-order valence-electron chi connectivity index (χ4n) is 2.44. The third kappa shape index (κ3) is 3.02. The molecule has 8 heteroatoms. The highest BCUT2D eigenvalue weighted by molar-refractivity contribution is 7.85. The molecule has 0 fully saturated rings. The average Bonchev–Trinajstić information content (AvgIpc) is 2.99. The molecule has 0 bridgehead atoms. The van der Waals surface area contributed by atoms with Crippen molar-refractivity contribution in [2.24, 2.45) is 10.2 Å². The standard InChI is InChI=1S/C14H16N4O3S/c1-10-15-16-14-12(9-11-5-3-2-4-6-11)13(17-18(10)14)7-8-22(19,20)21/h2-6,9,14,16H,7-8H2,1H3,(H,19,20,21). The predicted molar refractivity (Wildman–Crippen MR) is 84.8 cm³/mol. The van der Waals surface area contributed by atoms with Crippen LogP contribution in [0, 0.1) is 0 Å². The van der Waals surface area contributed by atoms with E-state index in [0.717, 1.165) is 11.1 Å². The normalized spacial score (nSPS) is 22.4. The second-order valence-electron chi connectivity index (χ2n) is 5.13. The number of benzene rings is 1. The molecule has 7 nitrogen and oxygen atoms in total. The minimum atomic E-state index is -4.02. The third-order valence-corrected chi connectivity index (χ3v) is 4.22. The number of rotatable bonds is 4. The second kappa shape index (κ2) is 5.54. The van der Waals surface area contributed by atoms with Crippen molar-refractivity contribution in [1.29, 1.82) is 0 Å². The molecular formula is C14H16N4O3S. The Bertz CT molecular complexity index is 769. The summed E-state index contributed by atoms with van der Waals surface area (Å²) < 4.78 is 30.9. The Morgan fingerprint density at radius 3 is 2.77 bits per heavy atom. The molecule has 0 saturated heterocycles. The van der Waals surface area contributed by atoms with Gasteiger partial charge in [-0.1, -0.05) is 30.3 Å². The Morgan fingerprint density at radius 1 is 1.36 bits per heavy atom. The van der Waals surface area contributed by atoms with E-state index in [1.807, 2.05) is 43.3 Å². The SMILES string of the molecule is CC1=NNC2C(=Cc3ccccc3)C(CCS(=O)(=O)O)=NN12. The number of hydrazone groups is 2. The molecule has 3 rings (SSSR count). The fraction of sp³-hybridized carbons (Fsp3) is 0.286. The van der Waals surface area contributed by atoms with Gasteiger partial charge in [0.05, 0.1) is 11.5 Å². The van der Waals surface area contributed by atoms with Crippen molar-refractivity contribution in [3.63, 3.8) is 0 Å². The first-order valence-electron chi connectivity index (χ1n) is 6.83. The molecule has 0 spiro atoms. The molecule has 1 unspecified atom stereocenters. The van der Waals surface area contributed by atoms with Crippen LogP contribution >= 0.6 is 0 Å². The molecule has 0 radical (unpaired) electrons. The van der Waals surface area contributed by atoms with E-state index in [2.05, 4.69) is 15.6 Å². The quantitative estimate of drug-likeness (QED) is 0.815. The summed E-state index contributed by atoms with van der Waals surface area (Å²) in [5, 5.41) is 10.3. The van der Waals surface area contributed by atoms with Gasteiger partial charge in [0.1, 0.15) is 5.84 Å². The molecule has 2 heterocycles. The van der Waals surface area contributed by atoms with Crippen LogP contribution in [0.1, 0.15) is 18.9 Å². The number of amidine groups is 1. The van der Waals surface area contributed by atoms with Crippen LogP contribution in [-0.2, 0) is 10.1 Å². The first-order valence-corrected chi connectivity index (χ1v) is 8.44. The minimum absolute atomic E-state index is 0.152. The van der Waals surface area contributed by atoms with E-state index in [-0.39, 0.29) is 18.3 Å². The minimum Gasteiger partial charge on any atom is -0.286 e. The summed E-state index contributed by atoms with van der Waals surface area (Å²) in [5.41, 5.74) is 5.47. The zero-order valence-electron chi connectivity index (χ0n) is 12.0. The first-order chi connectivity index (χ1) is 10.4. The number of nitrogens with zero attached hydrogens (tertiary/aromatic N) is 3. The summed E-state index contributed by atoms with van der Waals surface area (Å²) in [4.78, 5) is 0. The van der Waals surface area contributed by atoms with Crippen LogP contribution in [-0.4, -0.2) is 41.4 Å². The topological polar surface area (TPSA) is 94.4 Å². The van der Waals surface area contributed by atoms with Gasteiger partial charge in [0.15, 0.2) is 6.17 Å². The van der Waals surface area contributed by atoms with Crippen molar-refractivity contribution in [3.05, 3.63) is 41.5 Å². The zero-order valence-corrected chi connectivity index (χ0v) is 12.8. The zero-order chi connectivity index (χ0) is 15.7. The van der Waals surface area contributed by atoms with Crippen molar-refractivity contribution < 1.29 is 13.0 Å². The Hall–Kier alpha value is -2.19. The Labute approximate surface area is 128 Å². The van der Waals surface area contributed by atoms with Gasteiger partial charge in [0.2, 0.25) is 0 Å². The number of nitrogens with one attached hydrogen (secondary N) is 1. The summed E-state index contributed by atoms with van der Waals surface area (Å²) in [6.45, 7) is 1.82. The molecule has 0 saturated carbocycles. The lowest BCUT2D eigenvalue weighted by atomic mass is 10.0.